The van der Waals surface area contributed by atoms with Gasteiger partial charge in [0.2, 0.25) is 0 Å². The minimum Gasteiger partial charge on any atom is -0.313 e. The number of rotatable bonds is 3. The van der Waals surface area contributed by atoms with Crippen molar-refractivity contribution < 1.29 is 0 Å². The molecule has 0 bridgehead atoms. The van der Waals surface area contributed by atoms with E-state index in [0.29, 0.717) is 0 Å². The topological polar surface area (TPSA) is 12.0 Å². The Labute approximate surface area is 52.8 Å². The first kappa shape index (κ1) is 10.6. The molecule has 0 aromatic heterocycles. The fourth-order valence-corrected chi connectivity index (χ4v) is 0.338. The second-order valence-corrected chi connectivity index (χ2v) is 1.74. The van der Waals surface area contributed by atoms with Gasteiger partial charge in [-0.3, -0.25) is 0 Å². The highest BCUT2D eigenvalue weighted by Gasteiger charge is 1.78. The first-order chi connectivity index (χ1) is 3.27. The van der Waals surface area contributed by atoms with Crippen molar-refractivity contribution in [1.82, 2.24) is 5.32 Å². The van der Waals surface area contributed by atoms with Gasteiger partial charge in [0.15, 0.2) is 0 Å². The summed E-state index contributed by atoms with van der Waals surface area (Å²) in [5.74, 6) is 0. The van der Waals surface area contributed by atoms with E-state index < -0.39 is 0 Å². The molecule has 50 valence electrons. The zero-order valence-corrected chi connectivity index (χ0v) is 5.12. The summed E-state index contributed by atoms with van der Waals surface area (Å²) in [7, 11) is 0. The third-order valence-electron chi connectivity index (χ3n) is 0.677. The Morgan fingerprint density at radius 1 is 1.62 bits per heavy atom. The SMILES string of the molecule is C.C=C(C)CNCC. The smallest absolute Gasteiger partial charge is 0.0159 e. The Morgan fingerprint density at radius 2 is 2.12 bits per heavy atom. The van der Waals surface area contributed by atoms with E-state index >= 15 is 0 Å². The molecule has 1 nitrogen and oxygen atoms in total. The molecular weight excluding hydrogens is 98.1 g/mol. The minimum atomic E-state index is 0. The Morgan fingerprint density at radius 3 is 2.25 bits per heavy atom. The summed E-state index contributed by atoms with van der Waals surface area (Å²) in [6.45, 7) is 9.82. The molecule has 0 amide bonds. The Balaban J connectivity index is 0. The van der Waals surface area contributed by atoms with Gasteiger partial charge in [-0.15, -0.1) is 0 Å². The van der Waals surface area contributed by atoms with Crippen LogP contribution in [0.1, 0.15) is 21.3 Å². The molecule has 0 spiro atoms. The zero-order chi connectivity index (χ0) is 5.70. The highest BCUT2D eigenvalue weighted by molar-refractivity contribution is 4.89. The van der Waals surface area contributed by atoms with Gasteiger partial charge < -0.3 is 5.32 Å². The van der Waals surface area contributed by atoms with Gasteiger partial charge >= 0.3 is 0 Å². The summed E-state index contributed by atoms with van der Waals surface area (Å²) < 4.78 is 0. The first-order valence-electron chi connectivity index (χ1n) is 2.62. The van der Waals surface area contributed by atoms with Crippen molar-refractivity contribution >= 4 is 0 Å². The third-order valence-corrected chi connectivity index (χ3v) is 0.677. The van der Waals surface area contributed by atoms with Crippen molar-refractivity contribution in [2.75, 3.05) is 13.1 Å². The van der Waals surface area contributed by atoms with Crippen LogP contribution in [0.5, 0.6) is 0 Å². The third kappa shape index (κ3) is 9.20. The van der Waals surface area contributed by atoms with Crippen LogP contribution in [-0.2, 0) is 0 Å². The first-order valence-corrected chi connectivity index (χ1v) is 2.62. The molecule has 0 fully saturated rings. The summed E-state index contributed by atoms with van der Waals surface area (Å²) in [6.07, 6.45) is 0. The predicted octanol–water partition coefficient (Wildman–Crippen LogP) is 1.81. The van der Waals surface area contributed by atoms with E-state index in [-0.39, 0.29) is 7.43 Å². The maximum atomic E-state index is 3.73. The van der Waals surface area contributed by atoms with Gasteiger partial charge in [-0.05, 0) is 13.5 Å². The largest absolute Gasteiger partial charge is 0.313 e. The molecule has 0 unspecified atom stereocenters. The number of hydrogen-bond acceptors (Lipinski definition) is 1. The molecule has 0 aromatic carbocycles. The van der Waals surface area contributed by atoms with E-state index in [2.05, 4.69) is 18.8 Å². The Bertz CT molecular complexity index is 57.4. The molecule has 0 radical (unpaired) electrons. The van der Waals surface area contributed by atoms with Crippen LogP contribution in [0, 0.1) is 0 Å². The lowest BCUT2D eigenvalue weighted by Crippen LogP contribution is -2.14. The predicted molar refractivity (Wildman–Crippen MR) is 40.1 cm³/mol. The monoisotopic (exact) mass is 115 g/mol. The highest BCUT2D eigenvalue weighted by atomic mass is 14.8. The molecule has 0 atom stereocenters. The second-order valence-electron chi connectivity index (χ2n) is 1.74. The molecule has 0 saturated heterocycles. The summed E-state index contributed by atoms with van der Waals surface area (Å²) in [6, 6.07) is 0. The van der Waals surface area contributed by atoms with E-state index in [4.69, 9.17) is 0 Å². The molecular formula is C7H17N. The molecule has 0 rings (SSSR count). The van der Waals surface area contributed by atoms with Crippen molar-refractivity contribution in [3.05, 3.63) is 12.2 Å². The van der Waals surface area contributed by atoms with Crippen LogP contribution in [0.4, 0.5) is 0 Å². The molecule has 0 aliphatic heterocycles. The lowest BCUT2D eigenvalue weighted by atomic mass is 10.3. The molecule has 0 saturated carbocycles. The van der Waals surface area contributed by atoms with Crippen LogP contribution in [0.25, 0.3) is 0 Å². The van der Waals surface area contributed by atoms with Crippen LogP contribution in [0.15, 0.2) is 12.2 Å². The van der Waals surface area contributed by atoms with Crippen LogP contribution in [0.2, 0.25) is 0 Å². The van der Waals surface area contributed by atoms with E-state index in [1.807, 2.05) is 6.92 Å². The molecule has 0 aromatic rings. The van der Waals surface area contributed by atoms with Gasteiger partial charge in [0.25, 0.3) is 0 Å². The summed E-state index contributed by atoms with van der Waals surface area (Å²) >= 11 is 0. The van der Waals surface area contributed by atoms with Gasteiger partial charge in [-0.2, -0.15) is 0 Å². The Hall–Kier alpha value is -0.300. The van der Waals surface area contributed by atoms with Crippen molar-refractivity contribution in [2.45, 2.75) is 21.3 Å². The number of nitrogens with one attached hydrogen (secondary N) is 1. The number of likely N-dealkylation sites (N-methyl/N-ethyl adjacent to an activating group) is 1. The molecule has 0 aliphatic rings. The van der Waals surface area contributed by atoms with Crippen LogP contribution >= 0.6 is 0 Å². The van der Waals surface area contributed by atoms with Gasteiger partial charge in [-0.25, -0.2) is 0 Å². The summed E-state index contributed by atoms with van der Waals surface area (Å²) in [5.41, 5.74) is 1.20. The average molecular weight is 115 g/mol. The van der Waals surface area contributed by atoms with Crippen molar-refractivity contribution in [2.24, 2.45) is 0 Å². The quantitative estimate of drug-likeness (QED) is 0.553. The van der Waals surface area contributed by atoms with Crippen molar-refractivity contribution in [3.63, 3.8) is 0 Å². The van der Waals surface area contributed by atoms with E-state index in [0.717, 1.165) is 13.1 Å². The fraction of sp³-hybridized carbons (Fsp3) is 0.714. The van der Waals surface area contributed by atoms with Crippen LogP contribution in [0.3, 0.4) is 0 Å². The highest BCUT2D eigenvalue weighted by Crippen LogP contribution is 1.78. The van der Waals surface area contributed by atoms with Crippen LogP contribution in [-0.4, -0.2) is 13.1 Å². The van der Waals surface area contributed by atoms with E-state index in [9.17, 15) is 0 Å². The van der Waals surface area contributed by atoms with Gasteiger partial charge in [0.1, 0.15) is 0 Å². The maximum absolute atomic E-state index is 3.73. The molecule has 1 heteroatoms. The standard InChI is InChI=1S/C6H13N.CH4/c1-4-7-5-6(2)3;/h7H,2,4-5H2,1,3H3;1H4. The van der Waals surface area contributed by atoms with Crippen LogP contribution < -0.4 is 5.32 Å². The van der Waals surface area contributed by atoms with Crippen molar-refractivity contribution in [3.8, 4) is 0 Å². The molecule has 0 heterocycles. The lowest BCUT2D eigenvalue weighted by Gasteiger charge is -1.96. The second kappa shape index (κ2) is 6.70. The van der Waals surface area contributed by atoms with Crippen molar-refractivity contribution in [1.29, 1.82) is 0 Å². The van der Waals surface area contributed by atoms with E-state index in [1.54, 1.807) is 0 Å². The molecule has 8 heavy (non-hydrogen) atoms. The zero-order valence-electron chi connectivity index (χ0n) is 5.12. The minimum absolute atomic E-state index is 0. The molecule has 0 aliphatic carbocycles. The normalized spacial score (nSPS) is 7.75. The van der Waals surface area contributed by atoms with E-state index in [1.165, 1.54) is 5.57 Å². The summed E-state index contributed by atoms with van der Waals surface area (Å²) in [4.78, 5) is 0. The lowest BCUT2D eigenvalue weighted by molar-refractivity contribution is 0.778. The maximum Gasteiger partial charge on any atom is 0.0159 e. The average Bonchev–Trinajstić information content (AvgIpc) is 1.61. The van der Waals surface area contributed by atoms with Gasteiger partial charge in [-0.1, -0.05) is 26.5 Å². The van der Waals surface area contributed by atoms with Gasteiger partial charge in [0, 0.05) is 6.54 Å². The van der Waals surface area contributed by atoms with Gasteiger partial charge in [0.05, 0.1) is 0 Å². The summed E-state index contributed by atoms with van der Waals surface area (Å²) in [5, 5.41) is 3.15. The molecule has 1 N–H and O–H groups in total. The fourth-order valence-electron chi connectivity index (χ4n) is 0.338. The Kier molecular flexibility index (Phi) is 8.91. The number of hydrogen-bond donors (Lipinski definition) is 1.